The maximum atomic E-state index is 9.50. The molecule has 2 fully saturated rings. The molecule has 1 N–H and O–H groups in total. The molecule has 102 valence electrons. The summed E-state index contributed by atoms with van der Waals surface area (Å²) >= 11 is 0. The maximum Gasteiger partial charge on any atom is 0.108 e. The topological polar surface area (TPSA) is 39.1 Å². The molecule has 0 aromatic heterocycles. The highest BCUT2D eigenvalue weighted by Gasteiger charge is 2.43. The van der Waals surface area contributed by atoms with Crippen LogP contribution in [0.4, 0.5) is 0 Å². The standard InChI is InChI=1S/C15H27N3/c1-11(2)17-15(10-16)6-5-14(7-15)18-8-12(3)13(4)9-18/h11-14,17H,5-9H2,1-4H3. The summed E-state index contributed by atoms with van der Waals surface area (Å²) in [5, 5.41) is 13.0. The van der Waals surface area contributed by atoms with Crippen molar-refractivity contribution in [2.45, 2.75) is 64.6 Å². The highest BCUT2D eigenvalue weighted by Crippen LogP contribution is 2.36. The van der Waals surface area contributed by atoms with Crippen LogP contribution in [0, 0.1) is 23.2 Å². The fourth-order valence-electron chi connectivity index (χ4n) is 3.62. The molecule has 0 spiro atoms. The van der Waals surface area contributed by atoms with Crippen LogP contribution in [0.25, 0.3) is 0 Å². The molecule has 3 heteroatoms. The highest BCUT2D eigenvalue weighted by atomic mass is 15.2. The number of rotatable bonds is 3. The van der Waals surface area contributed by atoms with E-state index in [-0.39, 0.29) is 5.54 Å². The Kier molecular flexibility index (Phi) is 3.99. The maximum absolute atomic E-state index is 9.50. The van der Waals surface area contributed by atoms with Crippen molar-refractivity contribution >= 4 is 0 Å². The molecule has 4 atom stereocenters. The Morgan fingerprint density at radius 1 is 1.28 bits per heavy atom. The first kappa shape index (κ1) is 13.8. The smallest absolute Gasteiger partial charge is 0.108 e. The monoisotopic (exact) mass is 249 g/mol. The van der Waals surface area contributed by atoms with E-state index in [1.807, 2.05) is 0 Å². The normalized spacial score (nSPS) is 41.4. The van der Waals surface area contributed by atoms with Crippen LogP contribution in [0.15, 0.2) is 0 Å². The van der Waals surface area contributed by atoms with Crippen LogP contribution >= 0.6 is 0 Å². The molecule has 1 aliphatic heterocycles. The van der Waals surface area contributed by atoms with Gasteiger partial charge in [0.2, 0.25) is 0 Å². The van der Waals surface area contributed by atoms with Crippen molar-refractivity contribution in [3.05, 3.63) is 0 Å². The van der Waals surface area contributed by atoms with Crippen molar-refractivity contribution in [3.8, 4) is 6.07 Å². The van der Waals surface area contributed by atoms with Gasteiger partial charge in [-0.1, -0.05) is 13.8 Å². The van der Waals surface area contributed by atoms with Gasteiger partial charge in [0.15, 0.2) is 0 Å². The van der Waals surface area contributed by atoms with E-state index in [9.17, 15) is 5.26 Å². The van der Waals surface area contributed by atoms with Gasteiger partial charge in [0.05, 0.1) is 6.07 Å². The van der Waals surface area contributed by atoms with Gasteiger partial charge in [0.25, 0.3) is 0 Å². The predicted octanol–water partition coefficient (Wildman–Crippen LogP) is 2.39. The van der Waals surface area contributed by atoms with Crippen LogP contribution in [0.5, 0.6) is 0 Å². The van der Waals surface area contributed by atoms with Gasteiger partial charge >= 0.3 is 0 Å². The quantitative estimate of drug-likeness (QED) is 0.834. The molecular weight excluding hydrogens is 222 g/mol. The summed E-state index contributed by atoms with van der Waals surface area (Å²) in [6, 6.07) is 3.55. The van der Waals surface area contributed by atoms with Gasteiger partial charge in [0.1, 0.15) is 5.54 Å². The molecule has 2 rings (SSSR count). The minimum absolute atomic E-state index is 0.270. The van der Waals surface area contributed by atoms with Crippen molar-refractivity contribution in [3.63, 3.8) is 0 Å². The second-order valence-electron chi connectivity index (χ2n) is 6.80. The van der Waals surface area contributed by atoms with Gasteiger partial charge in [-0.15, -0.1) is 0 Å². The molecule has 0 amide bonds. The molecule has 1 aliphatic carbocycles. The van der Waals surface area contributed by atoms with E-state index < -0.39 is 0 Å². The van der Waals surface area contributed by atoms with Gasteiger partial charge in [-0.3, -0.25) is 10.2 Å². The van der Waals surface area contributed by atoms with Crippen molar-refractivity contribution in [1.29, 1.82) is 5.26 Å². The molecule has 2 aliphatic rings. The second-order valence-corrected chi connectivity index (χ2v) is 6.80. The lowest BCUT2D eigenvalue weighted by Crippen LogP contribution is -2.47. The van der Waals surface area contributed by atoms with E-state index in [0.717, 1.165) is 24.7 Å². The van der Waals surface area contributed by atoms with Crippen LogP contribution in [-0.2, 0) is 0 Å². The first-order valence-corrected chi connectivity index (χ1v) is 7.39. The number of nitrogens with one attached hydrogen (secondary N) is 1. The van der Waals surface area contributed by atoms with Crippen LogP contribution in [0.1, 0.15) is 47.0 Å². The molecule has 0 radical (unpaired) electrons. The summed E-state index contributed by atoms with van der Waals surface area (Å²) in [6.07, 6.45) is 3.18. The zero-order valence-corrected chi connectivity index (χ0v) is 12.2. The number of hydrogen-bond donors (Lipinski definition) is 1. The summed E-state index contributed by atoms with van der Waals surface area (Å²) in [7, 11) is 0. The zero-order chi connectivity index (χ0) is 13.3. The average molecular weight is 249 g/mol. The molecule has 1 saturated carbocycles. The van der Waals surface area contributed by atoms with E-state index in [2.05, 4.69) is 44.0 Å². The summed E-state index contributed by atoms with van der Waals surface area (Å²) in [5.41, 5.74) is -0.270. The molecule has 18 heavy (non-hydrogen) atoms. The van der Waals surface area contributed by atoms with Crippen LogP contribution in [0.2, 0.25) is 0 Å². The van der Waals surface area contributed by atoms with Crippen molar-refractivity contribution in [1.82, 2.24) is 10.2 Å². The summed E-state index contributed by atoms with van der Waals surface area (Å²) in [5.74, 6) is 1.61. The SMILES string of the molecule is CC(C)NC1(C#N)CCC(N2CC(C)C(C)C2)C1. The Balaban J connectivity index is 1.97. The Bertz CT molecular complexity index is 323. The molecule has 0 bridgehead atoms. The molecule has 0 aromatic rings. The lowest BCUT2D eigenvalue weighted by atomic mass is 9.98. The minimum Gasteiger partial charge on any atom is -0.300 e. The fourth-order valence-corrected chi connectivity index (χ4v) is 3.62. The third-order valence-electron chi connectivity index (χ3n) is 4.80. The van der Waals surface area contributed by atoms with E-state index in [0.29, 0.717) is 12.1 Å². The molecule has 4 unspecified atom stereocenters. The van der Waals surface area contributed by atoms with Gasteiger partial charge < -0.3 is 0 Å². The molecule has 0 aromatic carbocycles. The Labute approximate surface area is 112 Å². The molecule has 1 heterocycles. The first-order valence-electron chi connectivity index (χ1n) is 7.39. The van der Waals surface area contributed by atoms with Gasteiger partial charge in [-0.2, -0.15) is 5.26 Å². The van der Waals surface area contributed by atoms with Crippen molar-refractivity contribution in [2.24, 2.45) is 11.8 Å². The van der Waals surface area contributed by atoms with Gasteiger partial charge in [0, 0.05) is 25.2 Å². The Hall–Kier alpha value is -0.590. The van der Waals surface area contributed by atoms with E-state index >= 15 is 0 Å². The van der Waals surface area contributed by atoms with Crippen LogP contribution in [-0.4, -0.2) is 35.6 Å². The average Bonchev–Trinajstić information content (AvgIpc) is 2.84. The first-order chi connectivity index (χ1) is 8.46. The third kappa shape index (κ3) is 2.70. The number of nitrogens with zero attached hydrogens (tertiary/aromatic N) is 2. The van der Waals surface area contributed by atoms with Crippen molar-refractivity contribution in [2.75, 3.05) is 13.1 Å². The third-order valence-corrected chi connectivity index (χ3v) is 4.80. The Morgan fingerprint density at radius 2 is 1.89 bits per heavy atom. The predicted molar refractivity (Wildman–Crippen MR) is 74.2 cm³/mol. The number of nitriles is 1. The highest BCUT2D eigenvalue weighted by molar-refractivity contribution is 5.14. The summed E-state index contributed by atoms with van der Waals surface area (Å²) in [6.45, 7) is 11.4. The second kappa shape index (κ2) is 5.19. The summed E-state index contributed by atoms with van der Waals surface area (Å²) < 4.78 is 0. The van der Waals surface area contributed by atoms with Crippen LogP contribution < -0.4 is 5.32 Å². The molecular formula is C15H27N3. The number of hydrogen-bond acceptors (Lipinski definition) is 3. The van der Waals surface area contributed by atoms with E-state index in [1.165, 1.54) is 19.5 Å². The van der Waals surface area contributed by atoms with Crippen LogP contribution in [0.3, 0.4) is 0 Å². The molecule has 1 saturated heterocycles. The van der Waals surface area contributed by atoms with E-state index in [1.54, 1.807) is 0 Å². The van der Waals surface area contributed by atoms with Gasteiger partial charge in [-0.05, 0) is 44.9 Å². The fraction of sp³-hybridized carbons (Fsp3) is 0.933. The van der Waals surface area contributed by atoms with E-state index in [4.69, 9.17) is 0 Å². The van der Waals surface area contributed by atoms with Crippen molar-refractivity contribution < 1.29 is 0 Å². The lowest BCUT2D eigenvalue weighted by Gasteiger charge is -2.28. The lowest BCUT2D eigenvalue weighted by molar-refractivity contribution is 0.225. The zero-order valence-electron chi connectivity index (χ0n) is 12.2. The largest absolute Gasteiger partial charge is 0.300 e. The molecule has 3 nitrogen and oxygen atoms in total. The summed E-state index contributed by atoms with van der Waals surface area (Å²) in [4.78, 5) is 2.62. The van der Waals surface area contributed by atoms with Gasteiger partial charge in [-0.25, -0.2) is 0 Å². The minimum atomic E-state index is -0.270. The number of likely N-dealkylation sites (tertiary alicyclic amines) is 1. The Morgan fingerprint density at radius 3 is 2.39 bits per heavy atom.